The van der Waals surface area contributed by atoms with E-state index in [9.17, 15) is 15.0 Å². The number of halogens is 1. The number of nitrogens with two attached hydrogens (primary N) is 1. The van der Waals surface area contributed by atoms with Gasteiger partial charge in [-0.3, -0.25) is 4.79 Å². The Morgan fingerprint density at radius 2 is 2.00 bits per heavy atom. The number of rotatable bonds is 7. The fourth-order valence-electron chi connectivity index (χ4n) is 4.37. The van der Waals surface area contributed by atoms with Crippen molar-refractivity contribution >= 4 is 23.5 Å². The highest BCUT2D eigenvalue weighted by Crippen LogP contribution is 2.34. The van der Waals surface area contributed by atoms with E-state index in [2.05, 4.69) is 15.3 Å². The number of hydrogen-bond acceptors (Lipinski definition) is 7. The molecule has 184 valence electrons. The van der Waals surface area contributed by atoms with E-state index in [-0.39, 0.29) is 30.0 Å². The molecule has 1 amide bonds. The average Bonchev–Trinajstić information content (AvgIpc) is 2.88. The summed E-state index contributed by atoms with van der Waals surface area (Å²) in [5.41, 5.74) is 8.19. The molecule has 1 saturated carbocycles. The number of aliphatic hydroxyl groups is 2. The first-order chi connectivity index (χ1) is 16.9. The molecule has 9 heteroatoms. The van der Waals surface area contributed by atoms with Gasteiger partial charge in [0.25, 0.3) is 5.91 Å². The largest absolute Gasteiger partial charge is 0.394 e. The lowest BCUT2D eigenvalue weighted by atomic mass is 9.85. The van der Waals surface area contributed by atoms with Crippen LogP contribution in [0.5, 0.6) is 0 Å². The molecule has 1 aliphatic carbocycles. The van der Waals surface area contributed by atoms with Gasteiger partial charge < -0.3 is 21.3 Å². The molecule has 0 spiro atoms. The van der Waals surface area contributed by atoms with Crippen molar-refractivity contribution < 1.29 is 19.4 Å². The van der Waals surface area contributed by atoms with Crippen molar-refractivity contribution in [2.45, 2.75) is 48.6 Å². The second-order valence-corrected chi connectivity index (χ2v) is 9.59. The fourth-order valence-corrected chi connectivity index (χ4v) is 4.84. The normalized spacial score (nSPS) is 18.7. The molecule has 3 aromatic rings. The first-order valence-corrected chi connectivity index (χ1v) is 12.8. The SMILES string of the molecule is CSc1cccc([C@@H](CO)NC(=O)c2ccc(-c3nc([C@H]4CC[C@H](O)CC4)cnc3N)cc2F)c1. The number of hydrogen-bond donors (Lipinski definition) is 4. The summed E-state index contributed by atoms with van der Waals surface area (Å²) >= 11 is 1.55. The minimum absolute atomic E-state index is 0.142. The van der Waals surface area contributed by atoms with E-state index < -0.39 is 17.8 Å². The van der Waals surface area contributed by atoms with Crippen LogP contribution in [0.4, 0.5) is 10.2 Å². The van der Waals surface area contributed by atoms with E-state index in [0.29, 0.717) is 24.1 Å². The Balaban J connectivity index is 1.54. The minimum Gasteiger partial charge on any atom is -0.394 e. The van der Waals surface area contributed by atoms with Crippen molar-refractivity contribution in [2.24, 2.45) is 0 Å². The highest BCUT2D eigenvalue weighted by Gasteiger charge is 2.24. The standard InChI is InChI=1S/C26H29FN4O3S/c1-35-19-4-2-3-16(11-19)23(14-32)31-26(34)20-10-7-17(12-21(20)27)24-25(28)29-13-22(30-24)15-5-8-18(33)9-6-15/h2-4,7,10-13,15,18,23,32-33H,5-6,8-9,14H2,1H3,(H2,28,29)(H,31,34)/t15-,18-,23-/m1/s1. The van der Waals surface area contributed by atoms with Gasteiger partial charge in [0.05, 0.1) is 36.2 Å². The van der Waals surface area contributed by atoms with E-state index >= 15 is 4.39 Å². The molecule has 1 heterocycles. The summed E-state index contributed by atoms with van der Waals surface area (Å²) in [6.45, 7) is -0.319. The third-order valence-electron chi connectivity index (χ3n) is 6.41. The highest BCUT2D eigenvalue weighted by atomic mass is 32.2. The van der Waals surface area contributed by atoms with E-state index in [4.69, 9.17) is 5.73 Å². The van der Waals surface area contributed by atoms with Gasteiger partial charge in [-0.25, -0.2) is 14.4 Å². The Morgan fingerprint density at radius 3 is 2.69 bits per heavy atom. The Kier molecular flexibility index (Phi) is 8.00. The lowest BCUT2D eigenvalue weighted by Gasteiger charge is -2.25. The van der Waals surface area contributed by atoms with Crippen molar-refractivity contribution in [1.29, 1.82) is 0 Å². The maximum atomic E-state index is 15.0. The maximum absolute atomic E-state index is 15.0. The molecule has 35 heavy (non-hydrogen) atoms. The summed E-state index contributed by atoms with van der Waals surface area (Å²) in [6, 6.07) is 11.0. The van der Waals surface area contributed by atoms with Crippen molar-refractivity contribution in [3.63, 3.8) is 0 Å². The molecule has 2 aromatic carbocycles. The number of amides is 1. The van der Waals surface area contributed by atoms with Crippen molar-refractivity contribution in [3.05, 3.63) is 71.3 Å². The van der Waals surface area contributed by atoms with E-state index in [1.54, 1.807) is 24.0 Å². The quantitative estimate of drug-likeness (QED) is 0.364. The van der Waals surface area contributed by atoms with Gasteiger partial charge >= 0.3 is 0 Å². The molecule has 1 aliphatic rings. The summed E-state index contributed by atoms with van der Waals surface area (Å²) in [5.74, 6) is -1.01. The van der Waals surface area contributed by atoms with Crippen LogP contribution < -0.4 is 11.1 Å². The van der Waals surface area contributed by atoms with Gasteiger partial charge in [0.2, 0.25) is 0 Å². The Hall–Kier alpha value is -3.01. The highest BCUT2D eigenvalue weighted by molar-refractivity contribution is 7.98. The van der Waals surface area contributed by atoms with Crippen LogP contribution in [0, 0.1) is 5.82 Å². The van der Waals surface area contributed by atoms with Crippen LogP contribution in [0.1, 0.15) is 59.3 Å². The summed E-state index contributed by atoms with van der Waals surface area (Å²) in [6.07, 6.45) is 6.33. The number of aromatic nitrogens is 2. The van der Waals surface area contributed by atoms with Crippen LogP contribution in [0.15, 0.2) is 53.6 Å². The minimum atomic E-state index is -0.720. The molecule has 0 bridgehead atoms. The first-order valence-electron chi connectivity index (χ1n) is 11.6. The number of nitrogens with zero attached hydrogens (tertiary/aromatic N) is 2. The number of benzene rings is 2. The Labute approximate surface area is 208 Å². The number of thioether (sulfide) groups is 1. The lowest BCUT2D eigenvalue weighted by molar-refractivity contribution is 0.0912. The number of carbonyl (C=O) groups is 1. The molecule has 7 nitrogen and oxygen atoms in total. The number of carbonyl (C=O) groups excluding carboxylic acids is 1. The van der Waals surface area contributed by atoms with Crippen LogP contribution >= 0.6 is 11.8 Å². The molecule has 1 atom stereocenters. The third kappa shape index (κ3) is 5.80. The predicted molar refractivity (Wildman–Crippen MR) is 135 cm³/mol. The second kappa shape index (κ2) is 11.2. The topological polar surface area (TPSA) is 121 Å². The van der Waals surface area contributed by atoms with Crippen molar-refractivity contribution in [1.82, 2.24) is 15.3 Å². The molecule has 0 unspecified atom stereocenters. The number of nitrogens with one attached hydrogen (secondary N) is 1. The monoisotopic (exact) mass is 496 g/mol. The zero-order chi connectivity index (χ0) is 24.9. The van der Waals surface area contributed by atoms with Gasteiger partial charge in [0.15, 0.2) is 0 Å². The second-order valence-electron chi connectivity index (χ2n) is 8.71. The van der Waals surface area contributed by atoms with Gasteiger partial charge in [0, 0.05) is 16.4 Å². The molecular weight excluding hydrogens is 467 g/mol. The summed E-state index contributed by atoms with van der Waals surface area (Å²) in [7, 11) is 0. The summed E-state index contributed by atoms with van der Waals surface area (Å²) in [5, 5.41) is 22.3. The molecule has 0 saturated heterocycles. The van der Waals surface area contributed by atoms with Gasteiger partial charge in [-0.1, -0.05) is 18.2 Å². The number of nitrogen functional groups attached to an aromatic ring is 1. The number of anilines is 1. The first kappa shape index (κ1) is 25.1. The zero-order valence-electron chi connectivity index (χ0n) is 19.4. The van der Waals surface area contributed by atoms with Crippen LogP contribution in [-0.4, -0.2) is 45.1 Å². The maximum Gasteiger partial charge on any atom is 0.254 e. The molecule has 5 N–H and O–H groups in total. The lowest BCUT2D eigenvalue weighted by Crippen LogP contribution is -2.31. The van der Waals surface area contributed by atoms with Crippen LogP contribution in [0.3, 0.4) is 0 Å². The van der Waals surface area contributed by atoms with Crippen LogP contribution in [0.25, 0.3) is 11.3 Å². The van der Waals surface area contributed by atoms with Crippen molar-refractivity contribution in [3.8, 4) is 11.3 Å². The zero-order valence-corrected chi connectivity index (χ0v) is 20.3. The molecule has 4 rings (SSSR count). The van der Waals surface area contributed by atoms with Crippen LogP contribution in [0.2, 0.25) is 0 Å². The molecule has 1 fully saturated rings. The van der Waals surface area contributed by atoms with E-state index in [1.165, 1.54) is 12.1 Å². The van der Waals surface area contributed by atoms with Gasteiger partial charge in [-0.2, -0.15) is 0 Å². The van der Waals surface area contributed by atoms with Gasteiger partial charge in [0.1, 0.15) is 17.3 Å². The van der Waals surface area contributed by atoms with E-state index in [1.807, 2.05) is 30.5 Å². The third-order valence-corrected chi connectivity index (χ3v) is 7.13. The molecule has 0 aliphatic heterocycles. The van der Waals surface area contributed by atoms with Gasteiger partial charge in [-0.15, -0.1) is 11.8 Å². The molecular formula is C26H29FN4O3S. The average molecular weight is 497 g/mol. The Bertz CT molecular complexity index is 1200. The fraction of sp³-hybridized carbons (Fsp3) is 0.346. The number of aliphatic hydroxyl groups excluding tert-OH is 2. The molecule has 1 aromatic heterocycles. The predicted octanol–water partition coefficient (Wildman–Crippen LogP) is 4.07. The molecule has 0 radical (unpaired) electrons. The van der Waals surface area contributed by atoms with Crippen molar-refractivity contribution in [2.75, 3.05) is 18.6 Å². The summed E-state index contributed by atoms with van der Waals surface area (Å²) < 4.78 is 15.0. The van der Waals surface area contributed by atoms with Crippen LogP contribution in [-0.2, 0) is 0 Å². The summed E-state index contributed by atoms with van der Waals surface area (Å²) in [4.78, 5) is 22.7. The Morgan fingerprint density at radius 1 is 1.23 bits per heavy atom. The van der Waals surface area contributed by atoms with E-state index in [0.717, 1.165) is 29.0 Å². The smallest absolute Gasteiger partial charge is 0.254 e. The van der Waals surface area contributed by atoms with Gasteiger partial charge in [-0.05, 0) is 61.8 Å².